The topological polar surface area (TPSA) is 75.6 Å². The van der Waals surface area contributed by atoms with Gasteiger partial charge in [-0.3, -0.25) is 4.79 Å². The van der Waals surface area contributed by atoms with Crippen LogP contribution in [-0.4, -0.2) is 19.5 Å². The van der Waals surface area contributed by atoms with Gasteiger partial charge in [-0.25, -0.2) is 9.97 Å². The highest BCUT2D eigenvalue weighted by Gasteiger charge is 2.17. The molecule has 0 spiro atoms. The quantitative estimate of drug-likeness (QED) is 0.382. The minimum atomic E-state index is -0.202. The average molecular weight is 450 g/mol. The molecule has 0 aliphatic carbocycles. The summed E-state index contributed by atoms with van der Waals surface area (Å²) >= 11 is 12.6. The molecule has 0 bridgehead atoms. The average Bonchev–Trinajstić information content (AvgIpc) is 3.07. The van der Waals surface area contributed by atoms with Gasteiger partial charge >= 0.3 is 0 Å². The van der Waals surface area contributed by atoms with Crippen LogP contribution in [-0.2, 0) is 13.5 Å². The molecular formula is C23H17Cl2N5O. The zero-order chi connectivity index (χ0) is 21.5. The number of H-pyrrole nitrogens is 1. The highest BCUT2D eigenvalue weighted by Crippen LogP contribution is 2.33. The fraction of sp³-hybridized carbons (Fsp3) is 0.0870. The van der Waals surface area contributed by atoms with Crippen LogP contribution in [0, 0.1) is 0 Å². The zero-order valence-electron chi connectivity index (χ0n) is 16.5. The molecule has 0 aliphatic heterocycles. The van der Waals surface area contributed by atoms with E-state index in [-0.39, 0.29) is 5.56 Å². The Morgan fingerprint density at radius 3 is 2.39 bits per heavy atom. The molecule has 0 saturated heterocycles. The first kappa shape index (κ1) is 19.6. The lowest BCUT2D eigenvalue weighted by molar-refractivity contribution is 0.953. The van der Waals surface area contributed by atoms with Gasteiger partial charge in [-0.15, -0.1) is 0 Å². The first-order chi connectivity index (χ1) is 15.0. The molecule has 2 heterocycles. The number of imidazole rings is 1. The van der Waals surface area contributed by atoms with E-state index in [1.165, 1.54) is 0 Å². The molecule has 31 heavy (non-hydrogen) atoms. The number of aromatic nitrogens is 4. The molecule has 6 nitrogen and oxygen atoms in total. The van der Waals surface area contributed by atoms with Crippen molar-refractivity contribution in [1.29, 1.82) is 0 Å². The molecule has 5 aromatic rings. The number of anilines is 2. The Bertz CT molecular complexity index is 1470. The van der Waals surface area contributed by atoms with Gasteiger partial charge in [0.15, 0.2) is 0 Å². The molecule has 0 unspecified atom stereocenters. The smallest absolute Gasteiger partial charge is 0.260 e. The molecule has 8 heteroatoms. The second-order valence-corrected chi connectivity index (χ2v) is 8.03. The number of nitrogens with zero attached hydrogens (tertiary/aromatic N) is 3. The maximum Gasteiger partial charge on any atom is 0.260 e. The Hall–Kier alpha value is -3.35. The summed E-state index contributed by atoms with van der Waals surface area (Å²) in [6.45, 7) is 0. The molecule has 2 N–H and O–H groups in total. The predicted molar refractivity (Wildman–Crippen MR) is 126 cm³/mol. The molecule has 0 fully saturated rings. The third-order valence-corrected chi connectivity index (χ3v) is 5.80. The minimum Gasteiger partial charge on any atom is -0.323 e. The minimum absolute atomic E-state index is 0.202. The van der Waals surface area contributed by atoms with Gasteiger partial charge < -0.3 is 14.9 Å². The Balaban J connectivity index is 1.62. The van der Waals surface area contributed by atoms with E-state index in [2.05, 4.69) is 20.3 Å². The predicted octanol–water partition coefficient (Wildman–Crippen LogP) is 5.45. The number of hydrogen-bond acceptors (Lipinski definition) is 4. The van der Waals surface area contributed by atoms with Crippen molar-refractivity contribution in [2.75, 3.05) is 5.32 Å². The van der Waals surface area contributed by atoms with Gasteiger partial charge in [-0.2, -0.15) is 0 Å². The number of nitrogens with one attached hydrogen (secondary N) is 2. The lowest BCUT2D eigenvalue weighted by Gasteiger charge is -2.10. The zero-order valence-corrected chi connectivity index (χ0v) is 18.0. The summed E-state index contributed by atoms with van der Waals surface area (Å²) in [5, 5.41) is 4.63. The van der Waals surface area contributed by atoms with Crippen LogP contribution in [0.4, 0.5) is 11.6 Å². The Labute approximate surface area is 187 Å². The number of hydrogen-bond donors (Lipinski definition) is 2. The van der Waals surface area contributed by atoms with Crippen LogP contribution in [0.1, 0.15) is 11.4 Å². The SMILES string of the molecule is Cn1c(Nc2c(Cl)cccc2Cl)nc2ccc3nc(Cc4ccccc4)[nH]c(=O)c3c21. The lowest BCUT2D eigenvalue weighted by atomic mass is 10.1. The third-order valence-electron chi connectivity index (χ3n) is 5.17. The van der Waals surface area contributed by atoms with Crippen LogP contribution in [0.3, 0.4) is 0 Å². The molecule has 154 valence electrons. The van der Waals surface area contributed by atoms with E-state index in [1.807, 2.05) is 54.1 Å². The van der Waals surface area contributed by atoms with E-state index in [0.29, 0.717) is 55.9 Å². The molecular weight excluding hydrogens is 433 g/mol. The van der Waals surface area contributed by atoms with Gasteiger partial charge in [0, 0.05) is 13.5 Å². The first-order valence-corrected chi connectivity index (χ1v) is 10.4. The maximum absolute atomic E-state index is 13.0. The maximum atomic E-state index is 13.0. The van der Waals surface area contributed by atoms with Crippen LogP contribution >= 0.6 is 23.2 Å². The van der Waals surface area contributed by atoms with Gasteiger partial charge in [0.05, 0.1) is 37.7 Å². The summed E-state index contributed by atoms with van der Waals surface area (Å²) in [7, 11) is 1.83. The van der Waals surface area contributed by atoms with E-state index in [0.717, 1.165) is 5.56 Å². The number of rotatable bonds is 4. The van der Waals surface area contributed by atoms with Gasteiger partial charge in [0.1, 0.15) is 5.82 Å². The Kier molecular flexibility index (Phi) is 4.88. The van der Waals surface area contributed by atoms with E-state index >= 15 is 0 Å². The molecule has 0 saturated carbocycles. The van der Waals surface area contributed by atoms with Crippen LogP contribution in [0.5, 0.6) is 0 Å². The monoisotopic (exact) mass is 449 g/mol. The molecule has 0 aliphatic rings. The number of para-hydroxylation sites is 1. The molecule has 0 radical (unpaired) electrons. The van der Waals surface area contributed by atoms with Crippen LogP contribution in [0.25, 0.3) is 21.9 Å². The number of fused-ring (bicyclic) bond motifs is 3. The largest absolute Gasteiger partial charge is 0.323 e. The summed E-state index contributed by atoms with van der Waals surface area (Å²) < 4.78 is 1.81. The van der Waals surface area contributed by atoms with Crippen LogP contribution < -0.4 is 10.9 Å². The Morgan fingerprint density at radius 2 is 1.65 bits per heavy atom. The van der Waals surface area contributed by atoms with Crippen molar-refractivity contribution in [3.8, 4) is 0 Å². The summed E-state index contributed by atoms with van der Waals surface area (Å²) in [4.78, 5) is 25.3. The number of aromatic amines is 1. The van der Waals surface area contributed by atoms with Crippen molar-refractivity contribution in [2.45, 2.75) is 6.42 Å². The van der Waals surface area contributed by atoms with E-state index in [4.69, 9.17) is 23.2 Å². The lowest BCUT2D eigenvalue weighted by Crippen LogP contribution is -2.13. The standard InChI is InChI=1S/C23H17Cl2N5O/c1-30-21-17(27-23(30)29-20-14(24)8-5-9-15(20)25)11-10-16-19(21)22(31)28-18(26-16)12-13-6-3-2-4-7-13/h2-11H,12H2,1H3,(H,27,29)(H,26,28,31). The normalized spacial score (nSPS) is 11.3. The number of halogens is 2. The number of aryl methyl sites for hydroxylation is 1. The molecule has 5 rings (SSSR count). The summed E-state index contributed by atoms with van der Waals surface area (Å²) in [6, 6.07) is 18.8. The highest BCUT2D eigenvalue weighted by molar-refractivity contribution is 6.39. The Morgan fingerprint density at radius 1 is 0.935 bits per heavy atom. The molecule has 3 aromatic carbocycles. The first-order valence-electron chi connectivity index (χ1n) is 9.64. The van der Waals surface area contributed by atoms with Gasteiger partial charge in [0.25, 0.3) is 5.56 Å². The van der Waals surface area contributed by atoms with Crippen molar-refractivity contribution in [2.24, 2.45) is 7.05 Å². The van der Waals surface area contributed by atoms with Crippen molar-refractivity contribution >= 4 is 56.8 Å². The van der Waals surface area contributed by atoms with Gasteiger partial charge in [-0.05, 0) is 29.8 Å². The van der Waals surface area contributed by atoms with Crippen molar-refractivity contribution < 1.29 is 0 Å². The van der Waals surface area contributed by atoms with Crippen LogP contribution in [0.2, 0.25) is 10.0 Å². The van der Waals surface area contributed by atoms with Crippen molar-refractivity contribution in [1.82, 2.24) is 19.5 Å². The van der Waals surface area contributed by atoms with Gasteiger partial charge in [0.2, 0.25) is 5.95 Å². The van der Waals surface area contributed by atoms with Crippen molar-refractivity contribution in [3.63, 3.8) is 0 Å². The third kappa shape index (κ3) is 3.54. The summed E-state index contributed by atoms with van der Waals surface area (Å²) in [5.41, 5.74) is 3.41. The van der Waals surface area contributed by atoms with Crippen LogP contribution in [0.15, 0.2) is 65.5 Å². The van der Waals surface area contributed by atoms with E-state index in [1.54, 1.807) is 18.2 Å². The second kappa shape index (κ2) is 7.72. The highest BCUT2D eigenvalue weighted by atomic mass is 35.5. The van der Waals surface area contributed by atoms with E-state index < -0.39 is 0 Å². The number of benzene rings is 3. The summed E-state index contributed by atoms with van der Waals surface area (Å²) in [5.74, 6) is 1.14. The van der Waals surface area contributed by atoms with Gasteiger partial charge in [-0.1, -0.05) is 59.6 Å². The van der Waals surface area contributed by atoms with Crippen molar-refractivity contribution in [3.05, 3.63) is 92.5 Å². The molecule has 0 amide bonds. The fourth-order valence-corrected chi connectivity index (χ4v) is 4.18. The molecule has 2 aromatic heterocycles. The van der Waals surface area contributed by atoms with E-state index in [9.17, 15) is 4.79 Å². The summed E-state index contributed by atoms with van der Waals surface area (Å²) in [6.07, 6.45) is 0.549. The fourth-order valence-electron chi connectivity index (χ4n) is 3.69. The molecule has 0 atom stereocenters. The second-order valence-electron chi connectivity index (χ2n) is 7.22.